The number of likely N-dealkylation sites (tertiary alicyclic amines) is 1. The van der Waals surface area contributed by atoms with E-state index < -0.39 is 24.0 Å². The fourth-order valence-corrected chi connectivity index (χ4v) is 3.82. The molecule has 2 aromatic carbocycles. The largest absolute Gasteiger partial charge is 0.467 e. The quantitative estimate of drug-likeness (QED) is 0.202. The van der Waals surface area contributed by atoms with Crippen LogP contribution in [0.5, 0.6) is 0 Å². The first-order valence-electron chi connectivity index (χ1n) is 11.3. The number of carbonyl (C=O) groups excluding carboxylic acids is 3. The van der Waals surface area contributed by atoms with Gasteiger partial charge in [-0.3, -0.25) is 15.0 Å². The van der Waals surface area contributed by atoms with Gasteiger partial charge in [0.05, 0.1) is 13.7 Å². The Morgan fingerprint density at radius 1 is 1.11 bits per heavy atom. The molecule has 0 bridgehead atoms. The second kappa shape index (κ2) is 12.2. The minimum absolute atomic E-state index is 0.171. The Balaban J connectivity index is 1.55. The third-order valence-corrected chi connectivity index (χ3v) is 5.63. The normalized spacial score (nSPS) is 15.3. The summed E-state index contributed by atoms with van der Waals surface area (Å²) in [4.78, 5) is 38.6. The molecule has 1 fully saturated rings. The highest BCUT2D eigenvalue weighted by molar-refractivity contribution is 5.92. The second-order valence-corrected chi connectivity index (χ2v) is 8.11. The van der Waals surface area contributed by atoms with E-state index in [4.69, 9.17) is 15.9 Å². The summed E-state index contributed by atoms with van der Waals surface area (Å²) < 4.78 is 4.84. The van der Waals surface area contributed by atoms with Gasteiger partial charge in [0.15, 0.2) is 5.96 Å². The summed E-state index contributed by atoms with van der Waals surface area (Å²) in [6, 6.07) is 15.6. The molecule has 1 heterocycles. The second-order valence-electron chi connectivity index (χ2n) is 8.11. The van der Waals surface area contributed by atoms with Gasteiger partial charge in [0.1, 0.15) is 12.1 Å². The number of rotatable bonds is 7. The van der Waals surface area contributed by atoms with Crippen LogP contribution in [0, 0.1) is 17.3 Å². The average molecular weight is 476 g/mol. The molecule has 35 heavy (non-hydrogen) atoms. The van der Waals surface area contributed by atoms with Crippen molar-refractivity contribution in [2.45, 2.75) is 31.3 Å². The Bertz CT molecular complexity index is 1120. The maximum Gasteiger partial charge on any atom is 0.328 e. The van der Waals surface area contributed by atoms with Gasteiger partial charge in [0.25, 0.3) is 0 Å². The Kier molecular flexibility index (Phi) is 8.84. The number of nitrogens with zero attached hydrogens (tertiary/aromatic N) is 1. The van der Waals surface area contributed by atoms with E-state index in [1.807, 2.05) is 54.6 Å². The van der Waals surface area contributed by atoms with E-state index in [0.717, 1.165) is 23.1 Å². The highest BCUT2D eigenvalue weighted by Gasteiger charge is 2.32. The van der Waals surface area contributed by atoms with Crippen LogP contribution >= 0.6 is 0 Å². The predicted octanol–water partition coefficient (Wildman–Crippen LogP) is 0.761. The molecule has 182 valence electrons. The van der Waals surface area contributed by atoms with Gasteiger partial charge in [-0.2, -0.15) is 0 Å². The van der Waals surface area contributed by atoms with Crippen LogP contribution < -0.4 is 16.4 Å². The van der Waals surface area contributed by atoms with E-state index in [-0.39, 0.29) is 24.8 Å². The molecular formula is C26H29N5O4. The van der Waals surface area contributed by atoms with Crippen LogP contribution in [-0.4, -0.2) is 60.9 Å². The molecule has 1 aliphatic rings. The number of esters is 1. The van der Waals surface area contributed by atoms with Gasteiger partial charge in [0, 0.05) is 24.1 Å². The zero-order valence-corrected chi connectivity index (χ0v) is 19.5. The van der Waals surface area contributed by atoms with E-state index in [1.165, 1.54) is 12.0 Å². The Morgan fingerprint density at radius 2 is 1.77 bits per heavy atom. The first kappa shape index (κ1) is 25.3. The number of carbonyl (C=O) groups is 3. The van der Waals surface area contributed by atoms with Crippen LogP contribution in [0.2, 0.25) is 0 Å². The number of hydrogen-bond donors (Lipinski definition) is 4. The highest BCUT2D eigenvalue weighted by Crippen LogP contribution is 2.16. The predicted molar refractivity (Wildman–Crippen MR) is 131 cm³/mol. The van der Waals surface area contributed by atoms with Crippen LogP contribution in [-0.2, 0) is 25.5 Å². The van der Waals surface area contributed by atoms with Gasteiger partial charge in [-0.25, -0.2) is 4.79 Å². The molecule has 9 heteroatoms. The minimum atomic E-state index is -0.911. The van der Waals surface area contributed by atoms with Gasteiger partial charge in [0.2, 0.25) is 11.8 Å². The summed E-state index contributed by atoms with van der Waals surface area (Å²) in [7, 11) is 1.25. The molecule has 0 aromatic heterocycles. The van der Waals surface area contributed by atoms with Crippen LogP contribution in [0.25, 0.3) is 0 Å². The van der Waals surface area contributed by atoms with Crippen molar-refractivity contribution in [3.63, 3.8) is 0 Å². The summed E-state index contributed by atoms with van der Waals surface area (Å²) in [5.74, 6) is 4.52. The number of hydrogen-bond acceptors (Lipinski definition) is 5. The number of nitrogens with one attached hydrogen (secondary N) is 3. The lowest BCUT2D eigenvalue weighted by Gasteiger charge is -2.23. The Morgan fingerprint density at radius 3 is 2.40 bits per heavy atom. The van der Waals surface area contributed by atoms with Crippen molar-refractivity contribution in [2.75, 3.05) is 20.2 Å². The summed E-state index contributed by atoms with van der Waals surface area (Å²) in [5.41, 5.74) is 8.07. The third-order valence-electron chi connectivity index (χ3n) is 5.63. The first-order valence-corrected chi connectivity index (χ1v) is 11.3. The molecule has 0 spiro atoms. The monoisotopic (exact) mass is 475 g/mol. The van der Waals surface area contributed by atoms with Gasteiger partial charge in [-0.15, -0.1) is 0 Å². The van der Waals surface area contributed by atoms with Crippen molar-refractivity contribution < 1.29 is 19.1 Å². The maximum atomic E-state index is 12.4. The molecule has 1 aliphatic heterocycles. The van der Waals surface area contributed by atoms with Crippen molar-refractivity contribution in [3.8, 4) is 11.8 Å². The van der Waals surface area contributed by atoms with E-state index in [1.54, 1.807) is 0 Å². The molecule has 2 atom stereocenters. The average Bonchev–Trinajstić information content (AvgIpc) is 3.37. The van der Waals surface area contributed by atoms with E-state index in [2.05, 4.69) is 22.5 Å². The fraction of sp³-hybridized carbons (Fsp3) is 0.308. The molecule has 0 radical (unpaired) electrons. The molecule has 5 N–H and O–H groups in total. The molecule has 2 aromatic rings. The van der Waals surface area contributed by atoms with Crippen LogP contribution in [0.3, 0.4) is 0 Å². The molecule has 0 unspecified atom stereocenters. The van der Waals surface area contributed by atoms with E-state index >= 15 is 0 Å². The van der Waals surface area contributed by atoms with Crippen LogP contribution in [0.1, 0.15) is 29.5 Å². The van der Waals surface area contributed by atoms with Gasteiger partial charge >= 0.3 is 5.97 Å². The summed E-state index contributed by atoms with van der Waals surface area (Å²) in [6.07, 6.45) is 1.52. The summed E-state index contributed by atoms with van der Waals surface area (Å²) >= 11 is 0. The minimum Gasteiger partial charge on any atom is -0.467 e. The molecule has 2 amide bonds. The number of ether oxygens (including phenoxy) is 1. The summed E-state index contributed by atoms with van der Waals surface area (Å²) in [5, 5.41) is 12.7. The van der Waals surface area contributed by atoms with Crippen molar-refractivity contribution in [2.24, 2.45) is 5.73 Å². The molecule has 1 saturated heterocycles. The maximum absolute atomic E-state index is 12.4. The standard InChI is InChI=1S/C26H29N5O4/c1-35-25(34)21(30-23(32)17-29-24(33)22-8-5-15-31(22)26(27)28)16-20-13-11-19(12-14-20)10-9-18-6-3-2-4-7-18/h2-4,6-7,11-14,21-22H,5,8,15-17H2,1H3,(H3,27,28)(H,29,33)(H,30,32)/t21-,22+/m0/s1. The van der Waals surface area contributed by atoms with Crippen molar-refractivity contribution in [1.29, 1.82) is 5.41 Å². The van der Waals surface area contributed by atoms with E-state index in [0.29, 0.717) is 13.0 Å². The number of amides is 2. The molecule has 0 saturated carbocycles. The molecule has 0 aliphatic carbocycles. The molecule has 3 rings (SSSR count). The molecule has 9 nitrogen and oxygen atoms in total. The fourth-order valence-electron chi connectivity index (χ4n) is 3.82. The number of methoxy groups -OCH3 is 1. The lowest BCUT2D eigenvalue weighted by Crippen LogP contribution is -2.51. The third kappa shape index (κ3) is 7.33. The van der Waals surface area contributed by atoms with E-state index in [9.17, 15) is 14.4 Å². The smallest absolute Gasteiger partial charge is 0.328 e. The van der Waals surface area contributed by atoms with Crippen molar-refractivity contribution in [3.05, 3.63) is 71.3 Å². The van der Waals surface area contributed by atoms with Crippen molar-refractivity contribution >= 4 is 23.7 Å². The number of nitrogens with two attached hydrogens (primary N) is 1. The number of benzene rings is 2. The number of guanidine groups is 1. The first-order chi connectivity index (χ1) is 16.9. The zero-order chi connectivity index (χ0) is 25.2. The van der Waals surface area contributed by atoms with Gasteiger partial charge in [-0.05, 0) is 42.7 Å². The lowest BCUT2D eigenvalue weighted by molar-refractivity contribution is -0.145. The van der Waals surface area contributed by atoms with Crippen LogP contribution in [0.15, 0.2) is 54.6 Å². The Labute approximate surface area is 204 Å². The topological polar surface area (TPSA) is 138 Å². The SMILES string of the molecule is COC(=O)[C@H](Cc1ccc(C#Cc2ccccc2)cc1)NC(=O)CNC(=O)[C@H]1CCCN1C(=N)N. The van der Waals surface area contributed by atoms with Gasteiger partial charge < -0.3 is 26.0 Å². The highest BCUT2D eigenvalue weighted by atomic mass is 16.5. The lowest BCUT2D eigenvalue weighted by atomic mass is 10.0. The molecular weight excluding hydrogens is 446 g/mol. The summed E-state index contributed by atoms with van der Waals surface area (Å²) in [6.45, 7) is 0.225. The zero-order valence-electron chi connectivity index (χ0n) is 19.5. The Hall–Kier alpha value is -4.32. The van der Waals surface area contributed by atoms with Crippen molar-refractivity contribution in [1.82, 2.24) is 15.5 Å². The van der Waals surface area contributed by atoms with Gasteiger partial charge in [-0.1, -0.05) is 42.2 Å². The van der Waals surface area contributed by atoms with Crippen LogP contribution in [0.4, 0.5) is 0 Å².